The number of para-hydroxylation sites is 3. The Morgan fingerprint density at radius 2 is 1.02 bits per heavy atom. The SMILES string of the molecule is [2H]c1c([2H])c([2H])c(N(c2c([2H])c([2H])c([2H])c(-c3ccccc3)c2[2H])c2c([2H])c([2H])c([2H])c(-c3ccc4c(c3)c3ccccc3n4-c3ccccc3)c2[2H])c([2H])c1[2H]. The quantitative estimate of drug-likeness (QED) is 0.191. The lowest BCUT2D eigenvalue weighted by Gasteiger charge is -2.26. The molecule has 0 amide bonds. The number of aromatic nitrogens is 1. The summed E-state index contributed by atoms with van der Waals surface area (Å²) >= 11 is 0. The topological polar surface area (TPSA) is 8.17 Å². The lowest BCUT2D eigenvalue weighted by molar-refractivity contribution is 1.18. The summed E-state index contributed by atoms with van der Waals surface area (Å²) in [5.41, 5.74) is 1.31. The summed E-state index contributed by atoms with van der Waals surface area (Å²) in [6, 6.07) is 22.3. The number of hydrogen-bond donors (Lipinski definition) is 0. The van der Waals surface area contributed by atoms with E-state index in [9.17, 15) is 4.11 Å². The minimum atomic E-state index is -0.792. The number of hydrogen-bond acceptors (Lipinski definition) is 1. The Hall–Kier alpha value is -5.86. The van der Waals surface area contributed by atoms with Crippen LogP contribution in [0.2, 0.25) is 0 Å². The van der Waals surface area contributed by atoms with E-state index in [1.165, 1.54) is 0 Å². The summed E-state index contributed by atoms with van der Waals surface area (Å²) in [6.45, 7) is 0. The van der Waals surface area contributed by atoms with Gasteiger partial charge in [-0.05, 0) is 88.8 Å². The third kappa shape index (κ3) is 4.63. The third-order valence-electron chi connectivity index (χ3n) is 7.42. The third-order valence-corrected chi connectivity index (χ3v) is 7.42. The molecule has 0 aliphatic carbocycles. The van der Waals surface area contributed by atoms with Crippen LogP contribution in [-0.2, 0) is 0 Å². The van der Waals surface area contributed by atoms with Crippen molar-refractivity contribution >= 4 is 38.9 Å². The average Bonchev–Trinajstić information content (AvgIpc) is 3.55. The van der Waals surface area contributed by atoms with Crippen LogP contribution in [0.1, 0.15) is 17.8 Å². The van der Waals surface area contributed by atoms with Crippen LogP contribution >= 0.6 is 0 Å². The van der Waals surface area contributed by atoms with Crippen molar-refractivity contribution in [3.63, 3.8) is 0 Å². The number of nitrogens with zero attached hydrogens (tertiary/aromatic N) is 2. The van der Waals surface area contributed by atoms with Crippen LogP contribution in [0.4, 0.5) is 17.1 Å². The van der Waals surface area contributed by atoms with E-state index in [1.54, 1.807) is 42.5 Å². The van der Waals surface area contributed by atoms with Crippen LogP contribution in [-0.4, -0.2) is 4.57 Å². The summed E-state index contributed by atoms with van der Waals surface area (Å²) < 4.78 is 119. The predicted molar refractivity (Wildman–Crippen MR) is 186 cm³/mol. The molecule has 0 bridgehead atoms. The van der Waals surface area contributed by atoms with Gasteiger partial charge >= 0.3 is 0 Å². The molecule has 0 N–H and O–H groups in total. The largest absolute Gasteiger partial charge is 0.310 e. The van der Waals surface area contributed by atoms with E-state index in [1.807, 2.05) is 60.7 Å². The van der Waals surface area contributed by atoms with E-state index in [4.69, 9.17) is 13.7 Å². The van der Waals surface area contributed by atoms with Crippen LogP contribution in [0.15, 0.2) is 182 Å². The highest BCUT2D eigenvalue weighted by atomic mass is 15.1. The van der Waals surface area contributed by atoms with E-state index < -0.39 is 95.6 Å². The second-order valence-electron chi connectivity index (χ2n) is 10.0. The second-order valence-corrected chi connectivity index (χ2v) is 10.0. The van der Waals surface area contributed by atoms with Gasteiger partial charge in [-0.1, -0.05) is 115 Å². The Bertz CT molecular complexity index is 2920. The van der Waals surface area contributed by atoms with Crippen molar-refractivity contribution in [1.82, 2.24) is 4.57 Å². The van der Waals surface area contributed by atoms with Crippen LogP contribution in [0, 0.1) is 0 Å². The smallest absolute Gasteiger partial charge is 0.0651 e. The molecule has 0 saturated carbocycles. The number of anilines is 3. The monoisotopic (exact) mass is 575 g/mol. The Morgan fingerprint density at radius 1 is 0.432 bits per heavy atom. The Morgan fingerprint density at radius 3 is 1.75 bits per heavy atom. The zero-order valence-corrected chi connectivity index (χ0v) is 23.2. The highest BCUT2D eigenvalue weighted by Crippen LogP contribution is 2.39. The number of benzene rings is 7. The molecule has 0 saturated heterocycles. The number of fused-ring (bicyclic) bond motifs is 3. The average molecular weight is 576 g/mol. The van der Waals surface area contributed by atoms with Gasteiger partial charge in [-0.25, -0.2) is 0 Å². The van der Waals surface area contributed by atoms with Crippen LogP contribution in [0.3, 0.4) is 0 Å². The molecule has 0 fully saturated rings. The van der Waals surface area contributed by atoms with Crippen molar-refractivity contribution < 1.29 is 17.8 Å². The summed E-state index contributed by atoms with van der Waals surface area (Å²) in [5.74, 6) is 0. The summed E-state index contributed by atoms with van der Waals surface area (Å²) in [4.78, 5) is 0.834. The molecule has 0 aliphatic rings. The highest BCUT2D eigenvalue weighted by Gasteiger charge is 2.16. The van der Waals surface area contributed by atoms with Gasteiger partial charge in [0.05, 0.1) is 28.9 Å². The maximum atomic E-state index is 9.72. The van der Waals surface area contributed by atoms with Crippen molar-refractivity contribution in [2.24, 2.45) is 0 Å². The maximum Gasteiger partial charge on any atom is 0.0651 e. The molecular formula is C42H30N2. The maximum absolute atomic E-state index is 9.72. The molecule has 8 rings (SSSR count). The lowest BCUT2D eigenvalue weighted by atomic mass is 10.0. The fourth-order valence-corrected chi connectivity index (χ4v) is 5.46. The van der Waals surface area contributed by atoms with Gasteiger partial charge in [0.2, 0.25) is 0 Å². The van der Waals surface area contributed by atoms with Gasteiger partial charge in [-0.15, -0.1) is 0 Å². The zero-order chi connectivity index (χ0) is 40.6. The molecule has 0 aliphatic heterocycles. The molecule has 1 aromatic heterocycles. The first-order valence-corrected chi connectivity index (χ1v) is 14.0. The molecular weight excluding hydrogens is 532 g/mol. The van der Waals surface area contributed by atoms with Gasteiger partial charge in [0.25, 0.3) is 0 Å². The molecule has 2 nitrogen and oxygen atoms in total. The van der Waals surface area contributed by atoms with E-state index in [2.05, 4.69) is 4.57 Å². The first kappa shape index (κ1) is 15.6. The van der Waals surface area contributed by atoms with Crippen molar-refractivity contribution in [3.8, 4) is 27.9 Å². The summed E-state index contributed by atoms with van der Waals surface area (Å²) in [6.07, 6.45) is 0. The van der Waals surface area contributed by atoms with Crippen molar-refractivity contribution in [1.29, 1.82) is 0 Å². The van der Waals surface area contributed by atoms with E-state index in [0.717, 1.165) is 32.4 Å². The van der Waals surface area contributed by atoms with E-state index in [-0.39, 0.29) is 11.1 Å². The molecule has 0 radical (unpaired) electrons. The fourth-order valence-electron chi connectivity index (χ4n) is 5.46. The Kier molecular flexibility index (Phi) is 3.92. The van der Waals surface area contributed by atoms with Gasteiger partial charge in [0, 0.05) is 33.5 Å². The van der Waals surface area contributed by atoms with Gasteiger partial charge in [0.1, 0.15) is 0 Å². The van der Waals surface area contributed by atoms with Crippen molar-refractivity contribution in [2.45, 2.75) is 0 Å². The molecule has 7 aromatic carbocycles. The van der Waals surface area contributed by atoms with Gasteiger partial charge < -0.3 is 9.47 Å². The zero-order valence-electron chi connectivity index (χ0n) is 36.2. The van der Waals surface area contributed by atoms with Gasteiger partial charge in [-0.3, -0.25) is 0 Å². The first-order valence-electron chi connectivity index (χ1n) is 20.5. The molecule has 1 heterocycles. The molecule has 44 heavy (non-hydrogen) atoms. The minimum absolute atomic E-state index is 0.106. The fraction of sp³-hybridized carbons (Fsp3) is 0. The normalized spacial score (nSPS) is 15.3. The van der Waals surface area contributed by atoms with Gasteiger partial charge in [0.15, 0.2) is 0 Å². The van der Waals surface area contributed by atoms with E-state index >= 15 is 0 Å². The Labute approximate surface area is 276 Å². The number of rotatable bonds is 6. The molecule has 8 aromatic rings. The molecule has 2 heteroatoms. The second kappa shape index (κ2) is 11.1. The van der Waals surface area contributed by atoms with Crippen molar-refractivity contribution in [2.75, 3.05) is 4.90 Å². The summed E-state index contributed by atoms with van der Waals surface area (Å²) in [7, 11) is 0. The van der Waals surface area contributed by atoms with Gasteiger partial charge in [-0.2, -0.15) is 0 Å². The van der Waals surface area contributed by atoms with Crippen LogP contribution < -0.4 is 4.90 Å². The highest BCUT2D eigenvalue weighted by molar-refractivity contribution is 6.10. The lowest BCUT2D eigenvalue weighted by Crippen LogP contribution is -2.10. The predicted octanol–water partition coefficient (Wildman–Crippen LogP) is 11.6. The van der Waals surface area contributed by atoms with Crippen LogP contribution in [0.25, 0.3) is 49.7 Å². The molecule has 0 spiro atoms. The minimum Gasteiger partial charge on any atom is -0.310 e. The summed E-state index contributed by atoms with van der Waals surface area (Å²) in [5, 5.41) is 1.63. The van der Waals surface area contributed by atoms with Crippen LogP contribution in [0.5, 0.6) is 0 Å². The first-order chi connectivity index (χ1) is 27.3. The molecule has 208 valence electrons. The van der Waals surface area contributed by atoms with E-state index in [0.29, 0.717) is 11.1 Å². The van der Waals surface area contributed by atoms with Crippen molar-refractivity contribution in [3.05, 3.63) is 182 Å². The standard InChI is InChI=1S/C42H30N2/c1-4-14-31(15-5-1)32-16-12-22-37(28-32)43(35-18-6-2-7-19-35)38-23-13-17-33(29-38)34-26-27-42-40(30-34)39-24-10-11-25-41(39)44(42)36-20-8-3-9-21-36/h1-30H/i2D,6D,7D,12D,13D,16D,17D,18D,19D,22D,23D,28D,29D. The molecule has 0 atom stereocenters. The Balaban J connectivity index is 1.49. The molecule has 0 unspecified atom stereocenters.